The Hall–Kier alpha value is -0.0600. The van der Waals surface area contributed by atoms with Gasteiger partial charge in [0, 0.05) is 28.5 Å². The van der Waals surface area contributed by atoms with Gasteiger partial charge in [0.15, 0.2) is 0 Å². The van der Waals surface area contributed by atoms with Crippen LogP contribution in [0, 0.1) is 0 Å². The lowest BCUT2D eigenvalue weighted by Crippen LogP contribution is -2.29. The number of rotatable bonds is 5. The van der Waals surface area contributed by atoms with Crippen LogP contribution in [-0.4, -0.2) is 22.8 Å². The van der Waals surface area contributed by atoms with Gasteiger partial charge in [-0.2, -0.15) is 0 Å². The van der Waals surface area contributed by atoms with E-state index in [2.05, 4.69) is 47.0 Å². The summed E-state index contributed by atoms with van der Waals surface area (Å²) in [6.45, 7) is 7.54. The maximum atomic E-state index is 4.33. The molecule has 1 rings (SSSR count). The first kappa shape index (κ1) is 13.0. The summed E-state index contributed by atoms with van der Waals surface area (Å²) in [6, 6.07) is 4.50. The number of pyridine rings is 1. The third-order valence-electron chi connectivity index (χ3n) is 1.85. The minimum absolute atomic E-state index is 0.526. The number of nitrogens with zero attached hydrogens (tertiary/aromatic N) is 1. The Morgan fingerprint density at radius 1 is 1.47 bits per heavy atom. The third-order valence-corrected chi connectivity index (χ3v) is 3.87. The number of hydrogen-bond donors (Lipinski definition) is 1. The normalized spacial score (nSPS) is 13.1. The summed E-state index contributed by atoms with van der Waals surface area (Å²) in [5.41, 5.74) is 0. The van der Waals surface area contributed by atoms with Crippen molar-refractivity contribution in [2.45, 2.75) is 37.1 Å². The average Bonchev–Trinajstić information content (AvgIpc) is 2.18. The van der Waals surface area contributed by atoms with Gasteiger partial charge in [0.2, 0.25) is 0 Å². The summed E-state index contributed by atoms with van der Waals surface area (Å²) < 4.78 is 1.08. The van der Waals surface area contributed by atoms with Crippen molar-refractivity contribution in [3.05, 3.63) is 22.8 Å². The lowest BCUT2D eigenvalue weighted by Gasteiger charge is -2.14. The molecule has 1 heterocycles. The van der Waals surface area contributed by atoms with Gasteiger partial charge < -0.3 is 5.32 Å². The van der Waals surface area contributed by atoms with Crippen molar-refractivity contribution in [2.24, 2.45) is 0 Å². The second kappa shape index (κ2) is 6.51. The van der Waals surface area contributed by atoms with Crippen LogP contribution < -0.4 is 5.32 Å². The highest BCUT2D eigenvalue weighted by atomic mass is 79.9. The van der Waals surface area contributed by atoms with Crippen LogP contribution >= 0.6 is 27.7 Å². The molecule has 1 aromatic rings. The Bertz CT molecular complexity index is 304. The smallest absolute Gasteiger partial charge is 0.110 e. The number of halogens is 1. The standard InChI is InChI=1S/C11H17BrN2S/c1-8(2)14-7-9(3)15-11-10(12)5-4-6-13-11/h4-6,8-9,14H,7H2,1-3H3. The maximum absolute atomic E-state index is 4.33. The number of hydrogen-bond acceptors (Lipinski definition) is 3. The molecule has 2 nitrogen and oxygen atoms in total. The van der Waals surface area contributed by atoms with E-state index in [1.807, 2.05) is 18.3 Å². The zero-order valence-electron chi connectivity index (χ0n) is 9.33. The predicted molar refractivity (Wildman–Crippen MR) is 70.4 cm³/mol. The molecule has 15 heavy (non-hydrogen) atoms. The molecule has 0 bridgehead atoms. The molecule has 0 saturated heterocycles. The molecule has 0 fully saturated rings. The van der Waals surface area contributed by atoms with E-state index in [0.29, 0.717) is 11.3 Å². The highest BCUT2D eigenvalue weighted by Gasteiger charge is 2.08. The Labute approximate surface area is 104 Å². The summed E-state index contributed by atoms with van der Waals surface area (Å²) in [5.74, 6) is 0. The lowest BCUT2D eigenvalue weighted by molar-refractivity contribution is 0.589. The molecule has 1 unspecified atom stereocenters. The summed E-state index contributed by atoms with van der Waals surface area (Å²) >= 11 is 5.29. The van der Waals surface area contributed by atoms with Crippen LogP contribution in [0.25, 0.3) is 0 Å². The molecule has 0 saturated carbocycles. The van der Waals surface area contributed by atoms with Crippen molar-refractivity contribution in [1.29, 1.82) is 0 Å². The van der Waals surface area contributed by atoms with E-state index in [-0.39, 0.29) is 0 Å². The molecule has 0 aliphatic heterocycles. The molecule has 0 spiro atoms. The molecule has 0 aromatic carbocycles. The Morgan fingerprint density at radius 3 is 2.80 bits per heavy atom. The highest BCUT2D eigenvalue weighted by molar-refractivity contribution is 9.10. The van der Waals surface area contributed by atoms with Crippen LogP contribution in [0.4, 0.5) is 0 Å². The molecule has 1 N–H and O–H groups in total. The molecule has 0 aliphatic rings. The Kier molecular flexibility index (Phi) is 5.64. The zero-order valence-corrected chi connectivity index (χ0v) is 11.7. The second-order valence-corrected chi connectivity index (χ2v) is 6.06. The van der Waals surface area contributed by atoms with Crippen LogP contribution in [0.5, 0.6) is 0 Å². The van der Waals surface area contributed by atoms with Crippen LogP contribution in [-0.2, 0) is 0 Å². The number of nitrogens with one attached hydrogen (secondary N) is 1. The molecule has 1 atom stereocenters. The largest absolute Gasteiger partial charge is 0.313 e. The molecule has 4 heteroatoms. The fourth-order valence-electron chi connectivity index (χ4n) is 1.09. The summed E-state index contributed by atoms with van der Waals surface area (Å²) in [7, 11) is 0. The minimum Gasteiger partial charge on any atom is -0.313 e. The van der Waals surface area contributed by atoms with Crippen molar-refractivity contribution in [1.82, 2.24) is 10.3 Å². The van der Waals surface area contributed by atoms with Gasteiger partial charge >= 0.3 is 0 Å². The highest BCUT2D eigenvalue weighted by Crippen LogP contribution is 2.27. The lowest BCUT2D eigenvalue weighted by atomic mass is 10.3. The van der Waals surface area contributed by atoms with Crippen molar-refractivity contribution < 1.29 is 0 Å². The van der Waals surface area contributed by atoms with E-state index in [9.17, 15) is 0 Å². The van der Waals surface area contributed by atoms with Gasteiger partial charge in [-0.25, -0.2) is 4.98 Å². The first-order chi connectivity index (χ1) is 7.09. The Balaban J connectivity index is 2.44. The topological polar surface area (TPSA) is 24.9 Å². The van der Waals surface area contributed by atoms with E-state index >= 15 is 0 Å². The average molecular weight is 289 g/mol. The predicted octanol–water partition coefficient (Wildman–Crippen LogP) is 3.32. The first-order valence-electron chi connectivity index (χ1n) is 5.10. The van der Waals surface area contributed by atoms with E-state index < -0.39 is 0 Å². The SMILES string of the molecule is CC(C)NCC(C)Sc1ncccc1Br. The zero-order chi connectivity index (χ0) is 11.3. The Morgan fingerprint density at radius 2 is 2.20 bits per heavy atom. The van der Waals surface area contributed by atoms with Crippen molar-refractivity contribution >= 4 is 27.7 Å². The summed E-state index contributed by atoms with van der Waals surface area (Å²) in [4.78, 5) is 4.33. The van der Waals surface area contributed by atoms with E-state index in [4.69, 9.17) is 0 Å². The summed E-state index contributed by atoms with van der Waals surface area (Å²) in [5, 5.41) is 5.01. The first-order valence-corrected chi connectivity index (χ1v) is 6.77. The van der Waals surface area contributed by atoms with Gasteiger partial charge in [0.25, 0.3) is 0 Å². The van der Waals surface area contributed by atoms with Gasteiger partial charge in [-0.1, -0.05) is 20.8 Å². The van der Waals surface area contributed by atoms with Gasteiger partial charge in [-0.3, -0.25) is 0 Å². The van der Waals surface area contributed by atoms with E-state index in [1.54, 1.807) is 11.8 Å². The molecule has 0 aliphatic carbocycles. The van der Waals surface area contributed by atoms with Gasteiger partial charge in [0.1, 0.15) is 5.03 Å². The fraction of sp³-hybridized carbons (Fsp3) is 0.545. The maximum Gasteiger partial charge on any atom is 0.110 e. The van der Waals surface area contributed by atoms with Gasteiger partial charge in [-0.15, -0.1) is 11.8 Å². The second-order valence-electron chi connectivity index (χ2n) is 3.78. The van der Waals surface area contributed by atoms with Crippen molar-refractivity contribution in [3.63, 3.8) is 0 Å². The van der Waals surface area contributed by atoms with Crippen LogP contribution in [0.1, 0.15) is 20.8 Å². The molecule has 0 radical (unpaired) electrons. The minimum atomic E-state index is 0.526. The molecule has 0 amide bonds. The molecular formula is C11H17BrN2S. The van der Waals surface area contributed by atoms with Gasteiger partial charge in [-0.05, 0) is 28.1 Å². The molecular weight excluding hydrogens is 272 g/mol. The van der Waals surface area contributed by atoms with Gasteiger partial charge in [0.05, 0.1) is 0 Å². The molecule has 84 valence electrons. The monoisotopic (exact) mass is 288 g/mol. The number of thioether (sulfide) groups is 1. The van der Waals surface area contributed by atoms with Crippen LogP contribution in [0.15, 0.2) is 27.8 Å². The summed E-state index contributed by atoms with van der Waals surface area (Å²) in [6.07, 6.45) is 1.83. The third kappa shape index (κ3) is 5.00. The van der Waals surface area contributed by atoms with Crippen LogP contribution in [0.3, 0.4) is 0 Å². The fourth-order valence-corrected chi connectivity index (χ4v) is 2.49. The van der Waals surface area contributed by atoms with Crippen LogP contribution in [0.2, 0.25) is 0 Å². The quantitative estimate of drug-likeness (QED) is 0.842. The van der Waals surface area contributed by atoms with E-state index in [1.165, 1.54) is 0 Å². The van der Waals surface area contributed by atoms with Crippen molar-refractivity contribution in [3.8, 4) is 0 Å². The number of aromatic nitrogens is 1. The van der Waals surface area contributed by atoms with Crippen molar-refractivity contribution in [2.75, 3.05) is 6.54 Å². The molecule has 1 aromatic heterocycles. The van der Waals surface area contributed by atoms with E-state index in [0.717, 1.165) is 16.0 Å².